The summed E-state index contributed by atoms with van der Waals surface area (Å²) in [6.45, 7) is 17.9. The van der Waals surface area contributed by atoms with Crippen molar-refractivity contribution in [3.05, 3.63) is 394 Å². The van der Waals surface area contributed by atoms with Crippen molar-refractivity contribution < 1.29 is 0 Å². The number of rotatable bonds is 16. The molecule has 0 saturated carbocycles. The summed E-state index contributed by atoms with van der Waals surface area (Å²) in [7, 11) is 0. The van der Waals surface area contributed by atoms with E-state index in [0.29, 0.717) is 22.8 Å². The standard InChI is InChI=1S/C96H78N12/c1-57(2)61-25-33-65(34-26-61)85-89-77(69-17-9-41-97-49-69)79(71-19-11-43-99-51-71)91(105-89)86(66-35-27-62(28-36-66)58(3)4)93-81(73-21-13-45-101-53-73)83(75-23-15-47-103-55-75)95(107-93)88(68-39-31-64(32-40-68)60(7)8)96-84(76-24-16-48-104-56-76)82(74-22-14-46-102-54-74)94(108-96)87(67-37-29-63(30-38-67)59(5)6)92-80(72-20-12-44-100-52-72)78(90(85)106-92)70-18-10-42-98-50-70/h9-60,105,108H,1-8H3. The summed E-state index contributed by atoms with van der Waals surface area (Å²) < 4.78 is 0. The maximum atomic E-state index is 6.53. The van der Waals surface area contributed by atoms with Crippen molar-refractivity contribution in [3.63, 3.8) is 0 Å². The molecule has 0 amide bonds. The molecule has 12 nitrogen and oxygen atoms in total. The Kier molecular flexibility index (Phi) is 18.2. The van der Waals surface area contributed by atoms with Crippen LogP contribution >= 0.6 is 0 Å². The van der Waals surface area contributed by atoms with Crippen molar-refractivity contribution in [1.82, 2.24) is 49.8 Å². The van der Waals surface area contributed by atoms with E-state index < -0.39 is 0 Å². The molecule has 0 saturated heterocycles. The predicted octanol–water partition coefficient (Wildman–Crippen LogP) is 20.4. The van der Waals surface area contributed by atoms with Crippen molar-refractivity contribution in [3.8, 4) is 44.5 Å². The third-order valence-electron chi connectivity index (χ3n) is 20.9. The van der Waals surface area contributed by atoms with E-state index in [0.717, 1.165) is 156 Å². The molecular formula is C96H78N12. The lowest BCUT2D eigenvalue weighted by Gasteiger charge is -2.17. The third-order valence-corrected chi connectivity index (χ3v) is 20.9. The minimum absolute atomic E-state index is 0.229. The normalized spacial score (nSPS) is 13.8. The maximum Gasteiger partial charge on any atom is 0.0822 e. The summed E-state index contributed by atoms with van der Waals surface area (Å²) >= 11 is 0. The SMILES string of the molecule is CC(C)c1ccc(C2=C3N=C(C(c4cccnc4)=C3c3cccnc3)C(c3ccc(C(C)C)cc3)=c3[nH]c(c(-c4cccnc4)c3-c3cccnc3)=C(c3ccc(C(C)C)cc3)C3=NC(=C(c4ccc(C(C)C)cc4)c4[nH]c2c(-c2cccnc2)c4-c2cccnc2)C(c2cccnc2)=C3c2cccnc2)cc1. The number of nitrogens with zero attached hydrogens (tertiary/aromatic N) is 10. The number of benzene rings is 4. The van der Waals surface area contributed by atoms with Gasteiger partial charge in [0.25, 0.3) is 0 Å². The lowest BCUT2D eigenvalue weighted by atomic mass is 9.83. The van der Waals surface area contributed by atoms with E-state index in [-0.39, 0.29) is 23.7 Å². The Morgan fingerprint density at radius 2 is 0.444 bits per heavy atom. The predicted molar refractivity (Wildman–Crippen MR) is 438 cm³/mol. The second kappa shape index (κ2) is 29.0. The Morgan fingerprint density at radius 3 is 0.685 bits per heavy atom. The number of allylic oxidation sites excluding steroid dienone is 4. The van der Waals surface area contributed by atoms with Crippen LogP contribution in [0.15, 0.2) is 315 Å². The number of H-pyrrole nitrogens is 2. The molecule has 8 bridgehead atoms. The first-order valence-corrected chi connectivity index (χ1v) is 37.0. The Labute approximate surface area is 629 Å². The molecule has 10 aromatic heterocycles. The first-order chi connectivity index (χ1) is 52.9. The van der Waals surface area contributed by atoms with Crippen LogP contribution in [-0.4, -0.2) is 61.3 Å². The molecule has 522 valence electrons. The van der Waals surface area contributed by atoms with Gasteiger partial charge in [-0.1, -0.05) is 201 Å². The van der Waals surface area contributed by atoms with E-state index in [1.807, 2.05) is 148 Å². The van der Waals surface area contributed by atoms with Gasteiger partial charge in [-0.25, -0.2) is 9.98 Å². The van der Waals surface area contributed by atoms with Gasteiger partial charge < -0.3 is 9.97 Å². The number of aromatic amines is 2. The van der Waals surface area contributed by atoms with Gasteiger partial charge in [0, 0.05) is 210 Å². The molecule has 2 N–H and O–H groups in total. The van der Waals surface area contributed by atoms with Crippen molar-refractivity contribution in [1.29, 1.82) is 0 Å². The number of aliphatic imine (C=N–C) groups is 2. The quantitative estimate of drug-likeness (QED) is 0.0967. The number of hydrogen-bond acceptors (Lipinski definition) is 10. The molecule has 1 aliphatic carbocycles. The third kappa shape index (κ3) is 12.4. The summed E-state index contributed by atoms with van der Waals surface area (Å²) in [5, 5.41) is 1.56. The zero-order chi connectivity index (χ0) is 73.5. The van der Waals surface area contributed by atoms with Gasteiger partial charge in [0.1, 0.15) is 0 Å². The Bertz CT molecular complexity index is 5670. The fraction of sp³-hybridized carbons (Fsp3) is 0.125. The second-order valence-corrected chi connectivity index (χ2v) is 28.9. The minimum atomic E-state index is 0.229. The van der Waals surface area contributed by atoms with Crippen molar-refractivity contribution in [2.24, 2.45) is 9.98 Å². The topological polar surface area (TPSA) is 159 Å². The number of fused-ring (bicyclic) bond motifs is 10. The van der Waals surface area contributed by atoms with Crippen LogP contribution < -0.4 is 10.7 Å². The first kappa shape index (κ1) is 67.8. The zero-order valence-electron chi connectivity index (χ0n) is 61.5. The van der Waals surface area contributed by atoms with E-state index >= 15 is 0 Å². The molecule has 0 fully saturated rings. The van der Waals surface area contributed by atoms with Crippen LogP contribution in [-0.2, 0) is 0 Å². The van der Waals surface area contributed by atoms with Gasteiger partial charge in [-0.3, -0.25) is 39.9 Å². The molecule has 4 aromatic carbocycles. The Morgan fingerprint density at radius 1 is 0.213 bits per heavy atom. The zero-order valence-corrected chi connectivity index (χ0v) is 61.5. The number of nitrogens with one attached hydrogen (secondary N) is 2. The number of aromatic nitrogens is 10. The maximum absolute atomic E-state index is 6.53. The molecule has 0 spiro atoms. The molecule has 17 rings (SSSR count). The van der Waals surface area contributed by atoms with Gasteiger partial charge in [-0.2, -0.15) is 0 Å². The van der Waals surface area contributed by atoms with Crippen molar-refractivity contribution >= 4 is 56.0 Å². The largest absolute Gasteiger partial charge is 0.353 e. The fourth-order valence-electron chi connectivity index (χ4n) is 15.5. The highest BCUT2D eigenvalue weighted by atomic mass is 14.9. The van der Waals surface area contributed by atoms with Crippen molar-refractivity contribution in [2.75, 3.05) is 0 Å². The molecule has 108 heavy (non-hydrogen) atoms. The molecule has 2 aliphatic heterocycles. The fourth-order valence-corrected chi connectivity index (χ4v) is 15.5. The van der Waals surface area contributed by atoms with E-state index in [2.05, 4.69) is 211 Å². The molecule has 14 aromatic rings. The van der Waals surface area contributed by atoms with Gasteiger partial charge in [0.05, 0.1) is 44.9 Å². The minimum Gasteiger partial charge on any atom is -0.353 e. The smallest absolute Gasteiger partial charge is 0.0822 e. The average molecular weight is 1400 g/mol. The second-order valence-electron chi connectivity index (χ2n) is 28.9. The highest BCUT2D eigenvalue weighted by molar-refractivity contribution is 6.53. The summed E-state index contributed by atoms with van der Waals surface area (Å²) in [5.41, 5.74) is 29.8. The van der Waals surface area contributed by atoms with Crippen LogP contribution in [0.5, 0.6) is 0 Å². The van der Waals surface area contributed by atoms with E-state index in [1.54, 1.807) is 0 Å². The number of hydrogen-bond donors (Lipinski definition) is 2. The van der Waals surface area contributed by atoms with Gasteiger partial charge in [0.15, 0.2) is 0 Å². The van der Waals surface area contributed by atoms with Crippen molar-refractivity contribution in [2.45, 2.75) is 79.1 Å². The molecule has 0 radical (unpaired) electrons. The molecular weight excluding hydrogens is 1320 g/mol. The lowest BCUT2D eigenvalue weighted by Crippen LogP contribution is -2.24. The molecule has 3 aliphatic rings. The summed E-state index contributed by atoms with van der Waals surface area (Å²) in [5.74, 6) is 0.917. The molecule has 0 atom stereocenters. The van der Waals surface area contributed by atoms with Gasteiger partial charge in [0.2, 0.25) is 0 Å². The van der Waals surface area contributed by atoms with Crippen LogP contribution in [0.25, 0.3) is 89.1 Å². The molecule has 12 heterocycles. The first-order valence-electron chi connectivity index (χ1n) is 37.0. The van der Waals surface area contributed by atoms with E-state index in [9.17, 15) is 0 Å². The summed E-state index contributed by atoms with van der Waals surface area (Å²) in [6, 6.07) is 69.7. The van der Waals surface area contributed by atoms with Crippen LogP contribution in [0.1, 0.15) is 157 Å². The number of pyridine rings is 8. The molecule has 0 unspecified atom stereocenters. The highest BCUT2D eigenvalue weighted by Crippen LogP contribution is 2.54. The van der Waals surface area contributed by atoms with Crippen LogP contribution in [0.4, 0.5) is 0 Å². The summed E-state index contributed by atoms with van der Waals surface area (Å²) in [6.07, 6.45) is 30.5. The Hall–Kier alpha value is -13.3. The van der Waals surface area contributed by atoms with E-state index in [1.165, 1.54) is 22.3 Å². The average Bonchev–Trinajstić information content (AvgIpc) is 1.55. The van der Waals surface area contributed by atoms with Gasteiger partial charge in [-0.15, -0.1) is 0 Å². The Balaban J connectivity index is 1.24. The monoisotopic (exact) mass is 1400 g/mol. The highest BCUT2D eigenvalue weighted by Gasteiger charge is 2.40. The van der Waals surface area contributed by atoms with E-state index in [4.69, 9.17) is 49.9 Å². The molecule has 12 heteroatoms. The van der Waals surface area contributed by atoms with Gasteiger partial charge >= 0.3 is 0 Å². The lowest BCUT2D eigenvalue weighted by molar-refractivity contribution is 0.866. The van der Waals surface area contributed by atoms with Gasteiger partial charge in [-0.05, 0) is 117 Å². The van der Waals surface area contributed by atoms with Crippen LogP contribution in [0, 0.1) is 0 Å². The van der Waals surface area contributed by atoms with Crippen LogP contribution in [0.2, 0.25) is 0 Å². The van der Waals surface area contributed by atoms with Crippen LogP contribution in [0.3, 0.4) is 0 Å². The summed E-state index contributed by atoms with van der Waals surface area (Å²) in [4.78, 5) is 61.9.